The van der Waals surface area contributed by atoms with Crippen molar-refractivity contribution in [2.75, 3.05) is 26.8 Å². The molecule has 0 saturated carbocycles. The molecule has 0 spiro atoms. The van der Waals surface area contributed by atoms with Gasteiger partial charge >= 0.3 is 5.97 Å². The fraction of sp³-hybridized carbons (Fsp3) is 0.714. The van der Waals surface area contributed by atoms with Gasteiger partial charge in [0.15, 0.2) is 0 Å². The molecule has 1 N–H and O–H groups in total. The first kappa shape index (κ1) is 16.7. The summed E-state index contributed by atoms with van der Waals surface area (Å²) in [6, 6.07) is 0. The zero-order valence-electron chi connectivity index (χ0n) is 12.6. The van der Waals surface area contributed by atoms with Crippen LogP contribution in [0.4, 0.5) is 0 Å². The Morgan fingerprint density at radius 1 is 1.45 bits per heavy atom. The van der Waals surface area contributed by atoms with Crippen LogP contribution in [0.1, 0.15) is 42.2 Å². The topological polar surface area (TPSA) is 67.6 Å². The molecular weight excluding hydrogens is 258 g/mol. The maximum Gasteiger partial charge on any atom is 0.341 e. The number of unbranched alkanes of at least 4 members (excludes halogenated alkanes) is 2. The highest BCUT2D eigenvalue weighted by molar-refractivity contribution is 5.90. The Bertz CT molecular complexity index is 418. The first-order valence-corrected chi connectivity index (χ1v) is 7.07. The molecule has 0 atom stereocenters. The van der Waals surface area contributed by atoms with E-state index in [4.69, 9.17) is 9.84 Å². The number of esters is 1. The van der Waals surface area contributed by atoms with Gasteiger partial charge in [-0.1, -0.05) is 0 Å². The van der Waals surface area contributed by atoms with Crippen LogP contribution in [0.15, 0.2) is 6.20 Å². The van der Waals surface area contributed by atoms with Gasteiger partial charge in [-0.25, -0.2) is 4.79 Å². The minimum absolute atomic E-state index is 0.248. The molecule has 1 heterocycles. The Hall–Kier alpha value is -1.40. The van der Waals surface area contributed by atoms with Gasteiger partial charge in [-0.05, 0) is 39.8 Å². The number of aryl methyl sites for hydroxylation is 1. The Kier molecular flexibility index (Phi) is 7.25. The third-order valence-corrected chi connectivity index (χ3v) is 3.17. The first-order valence-electron chi connectivity index (χ1n) is 7.07. The highest BCUT2D eigenvalue weighted by atomic mass is 16.5. The predicted molar refractivity (Wildman–Crippen MR) is 76.4 cm³/mol. The Morgan fingerprint density at radius 2 is 2.20 bits per heavy atom. The highest BCUT2D eigenvalue weighted by Gasteiger charge is 2.18. The normalized spacial score (nSPS) is 11.1. The summed E-state index contributed by atoms with van der Waals surface area (Å²) in [6.07, 6.45) is 4.45. The molecule has 0 amide bonds. The van der Waals surface area contributed by atoms with Crippen molar-refractivity contribution in [3.8, 4) is 0 Å². The van der Waals surface area contributed by atoms with Gasteiger partial charge in [0.2, 0.25) is 0 Å². The summed E-state index contributed by atoms with van der Waals surface area (Å²) in [7, 11) is 3.85. The zero-order valence-corrected chi connectivity index (χ0v) is 12.6. The molecule has 6 nitrogen and oxygen atoms in total. The van der Waals surface area contributed by atoms with E-state index in [-0.39, 0.29) is 12.6 Å². The van der Waals surface area contributed by atoms with Crippen LogP contribution in [-0.4, -0.2) is 52.6 Å². The summed E-state index contributed by atoms with van der Waals surface area (Å²) in [4.78, 5) is 14.0. The molecule has 0 bridgehead atoms. The number of aromatic nitrogens is 2. The van der Waals surface area contributed by atoms with Gasteiger partial charge in [0.1, 0.15) is 5.56 Å². The van der Waals surface area contributed by atoms with E-state index >= 15 is 0 Å². The average molecular weight is 283 g/mol. The van der Waals surface area contributed by atoms with Crippen LogP contribution >= 0.6 is 0 Å². The SMILES string of the molecule is CCOC(=O)c1cnn(C)c1CN(C)CCCCCO. The number of aliphatic hydroxyl groups is 1. The summed E-state index contributed by atoms with van der Waals surface area (Å²) in [5.41, 5.74) is 1.41. The molecule has 20 heavy (non-hydrogen) atoms. The van der Waals surface area contributed by atoms with Crippen molar-refractivity contribution in [3.05, 3.63) is 17.5 Å². The fourth-order valence-electron chi connectivity index (χ4n) is 2.03. The average Bonchev–Trinajstić information content (AvgIpc) is 2.77. The van der Waals surface area contributed by atoms with Gasteiger partial charge < -0.3 is 14.7 Å². The van der Waals surface area contributed by atoms with Crippen molar-refractivity contribution in [2.45, 2.75) is 32.7 Å². The van der Waals surface area contributed by atoms with Gasteiger partial charge in [-0.2, -0.15) is 5.10 Å². The molecule has 0 unspecified atom stereocenters. The first-order chi connectivity index (χ1) is 9.60. The van der Waals surface area contributed by atoms with E-state index in [9.17, 15) is 4.79 Å². The molecule has 0 fully saturated rings. The lowest BCUT2D eigenvalue weighted by Gasteiger charge is -2.17. The quantitative estimate of drug-likeness (QED) is 0.544. The van der Waals surface area contributed by atoms with Crippen molar-refractivity contribution in [1.29, 1.82) is 0 Å². The Balaban J connectivity index is 2.57. The lowest BCUT2D eigenvalue weighted by atomic mass is 10.2. The van der Waals surface area contributed by atoms with Crippen LogP contribution in [0.5, 0.6) is 0 Å². The number of rotatable bonds is 9. The highest BCUT2D eigenvalue weighted by Crippen LogP contribution is 2.12. The van der Waals surface area contributed by atoms with Crippen molar-refractivity contribution in [1.82, 2.24) is 14.7 Å². The lowest BCUT2D eigenvalue weighted by Crippen LogP contribution is -2.22. The second-order valence-electron chi connectivity index (χ2n) is 4.87. The molecule has 0 radical (unpaired) electrons. The van der Waals surface area contributed by atoms with Crippen molar-refractivity contribution >= 4 is 5.97 Å². The molecule has 114 valence electrons. The molecule has 1 aromatic rings. The molecule has 1 rings (SSSR count). The van der Waals surface area contributed by atoms with Crippen LogP contribution < -0.4 is 0 Å². The van der Waals surface area contributed by atoms with E-state index in [0.29, 0.717) is 18.7 Å². The van der Waals surface area contributed by atoms with E-state index in [0.717, 1.165) is 31.5 Å². The van der Waals surface area contributed by atoms with E-state index in [2.05, 4.69) is 10.00 Å². The van der Waals surface area contributed by atoms with Gasteiger partial charge in [-0.15, -0.1) is 0 Å². The fourth-order valence-corrected chi connectivity index (χ4v) is 2.03. The van der Waals surface area contributed by atoms with Crippen molar-refractivity contribution in [3.63, 3.8) is 0 Å². The number of hydrogen-bond acceptors (Lipinski definition) is 5. The lowest BCUT2D eigenvalue weighted by molar-refractivity contribution is 0.0524. The summed E-state index contributed by atoms with van der Waals surface area (Å²) in [6.45, 7) is 3.99. The van der Waals surface area contributed by atoms with E-state index in [1.807, 2.05) is 14.1 Å². The minimum atomic E-state index is -0.315. The van der Waals surface area contributed by atoms with Crippen LogP contribution in [0.3, 0.4) is 0 Å². The maximum atomic E-state index is 11.8. The minimum Gasteiger partial charge on any atom is -0.462 e. The third-order valence-electron chi connectivity index (χ3n) is 3.17. The van der Waals surface area contributed by atoms with E-state index in [1.54, 1.807) is 17.8 Å². The largest absolute Gasteiger partial charge is 0.462 e. The smallest absolute Gasteiger partial charge is 0.341 e. The standard InChI is InChI=1S/C14H25N3O3/c1-4-20-14(19)12-10-15-17(3)13(12)11-16(2)8-6-5-7-9-18/h10,18H,4-9,11H2,1-3H3. The summed E-state index contributed by atoms with van der Waals surface area (Å²) in [5.74, 6) is -0.315. The van der Waals surface area contributed by atoms with E-state index < -0.39 is 0 Å². The van der Waals surface area contributed by atoms with Gasteiger partial charge in [0, 0.05) is 20.2 Å². The van der Waals surface area contributed by atoms with Crippen molar-refractivity contribution < 1.29 is 14.6 Å². The van der Waals surface area contributed by atoms with Crippen LogP contribution in [0.25, 0.3) is 0 Å². The summed E-state index contributed by atoms with van der Waals surface area (Å²) >= 11 is 0. The monoisotopic (exact) mass is 283 g/mol. The molecule has 1 aromatic heterocycles. The second-order valence-corrected chi connectivity index (χ2v) is 4.87. The molecule has 0 aliphatic rings. The second kappa shape index (κ2) is 8.71. The number of carbonyl (C=O) groups excluding carboxylic acids is 1. The molecule has 6 heteroatoms. The van der Waals surface area contributed by atoms with E-state index in [1.165, 1.54) is 0 Å². The number of ether oxygens (including phenoxy) is 1. The zero-order chi connectivity index (χ0) is 15.0. The molecular formula is C14H25N3O3. The summed E-state index contributed by atoms with van der Waals surface area (Å²) < 4.78 is 6.76. The third kappa shape index (κ3) is 4.94. The van der Waals surface area contributed by atoms with Crippen LogP contribution in [-0.2, 0) is 18.3 Å². The number of hydrogen-bond donors (Lipinski definition) is 1. The summed E-state index contributed by atoms with van der Waals surface area (Å²) in [5, 5.41) is 12.9. The predicted octanol–water partition coefficient (Wildman–Crippen LogP) is 1.19. The van der Waals surface area contributed by atoms with Gasteiger partial charge in [-0.3, -0.25) is 4.68 Å². The maximum absolute atomic E-state index is 11.8. The molecule has 0 saturated heterocycles. The van der Waals surface area contributed by atoms with Crippen molar-refractivity contribution in [2.24, 2.45) is 7.05 Å². The number of nitrogens with zero attached hydrogens (tertiary/aromatic N) is 3. The van der Waals surface area contributed by atoms with Gasteiger partial charge in [0.05, 0.1) is 18.5 Å². The van der Waals surface area contributed by atoms with Gasteiger partial charge in [0.25, 0.3) is 0 Å². The van der Waals surface area contributed by atoms with Crippen LogP contribution in [0.2, 0.25) is 0 Å². The Morgan fingerprint density at radius 3 is 2.85 bits per heavy atom. The molecule has 0 aliphatic heterocycles. The van der Waals surface area contributed by atoms with Crippen LogP contribution in [0, 0.1) is 0 Å². The number of carbonyl (C=O) groups is 1. The Labute approximate surface area is 120 Å². The number of aliphatic hydroxyl groups excluding tert-OH is 1. The molecule has 0 aromatic carbocycles. The molecule has 0 aliphatic carbocycles.